The molecule has 4 nitrogen and oxygen atoms in total. The van der Waals surface area contributed by atoms with Crippen molar-refractivity contribution >= 4 is 11.6 Å². The molecule has 0 bridgehead atoms. The first kappa shape index (κ1) is 14.9. The number of carbonyl (C=O) groups is 1. The van der Waals surface area contributed by atoms with E-state index in [0.29, 0.717) is 12.0 Å². The molecule has 2 atom stereocenters. The van der Waals surface area contributed by atoms with Gasteiger partial charge in [-0.05, 0) is 44.2 Å². The highest BCUT2D eigenvalue weighted by atomic mass is 16.3. The fourth-order valence-electron chi connectivity index (χ4n) is 2.65. The lowest BCUT2D eigenvalue weighted by Gasteiger charge is -2.27. The summed E-state index contributed by atoms with van der Waals surface area (Å²) in [7, 11) is 0. The fraction of sp³-hybridized carbons (Fsp3) is 0.562. The standard InChI is InChI=1S/C16H24N2O2/c1-2-10-17-15-9-4-3-8-14(15)16(20)18-12-6-5-7-13(19)11-12/h3-4,8-9,12-13,17,19H,2,5-7,10-11H2,1H3,(H,18,20). The second-order valence-electron chi connectivity index (χ2n) is 5.46. The summed E-state index contributed by atoms with van der Waals surface area (Å²) in [6.45, 7) is 2.95. The maximum absolute atomic E-state index is 12.4. The molecule has 1 aromatic carbocycles. The third-order valence-corrected chi connectivity index (χ3v) is 3.72. The predicted molar refractivity (Wildman–Crippen MR) is 81.0 cm³/mol. The Hall–Kier alpha value is -1.55. The molecule has 110 valence electrons. The van der Waals surface area contributed by atoms with E-state index in [1.165, 1.54) is 0 Å². The van der Waals surface area contributed by atoms with Crippen molar-refractivity contribution in [2.45, 2.75) is 51.2 Å². The summed E-state index contributed by atoms with van der Waals surface area (Å²) in [4.78, 5) is 12.4. The lowest BCUT2D eigenvalue weighted by molar-refractivity contribution is 0.0850. The molecule has 1 saturated carbocycles. The molecule has 0 radical (unpaired) electrons. The van der Waals surface area contributed by atoms with Gasteiger partial charge >= 0.3 is 0 Å². The molecule has 1 aromatic rings. The van der Waals surface area contributed by atoms with Gasteiger partial charge < -0.3 is 15.7 Å². The van der Waals surface area contributed by atoms with Crippen molar-refractivity contribution in [3.8, 4) is 0 Å². The SMILES string of the molecule is CCCNc1ccccc1C(=O)NC1CCCC(O)C1. The molecule has 2 unspecified atom stereocenters. The Morgan fingerprint density at radius 1 is 1.35 bits per heavy atom. The largest absolute Gasteiger partial charge is 0.393 e. The van der Waals surface area contributed by atoms with Gasteiger partial charge in [0.1, 0.15) is 0 Å². The molecule has 0 saturated heterocycles. The number of para-hydroxylation sites is 1. The van der Waals surface area contributed by atoms with Gasteiger partial charge in [-0.1, -0.05) is 19.1 Å². The molecule has 0 aromatic heterocycles. The summed E-state index contributed by atoms with van der Waals surface area (Å²) in [5, 5.41) is 16.0. The molecule has 3 N–H and O–H groups in total. The Bertz CT molecular complexity index is 448. The minimum atomic E-state index is -0.275. The molecular formula is C16H24N2O2. The minimum Gasteiger partial charge on any atom is -0.393 e. The predicted octanol–water partition coefficient (Wildman–Crippen LogP) is 2.54. The molecule has 0 aliphatic heterocycles. The molecule has 1 aliphatic rings. The molecule has 1 fully saturated rings. The van der Waals surface area contributed by atoms with Crippen LogP contribution in [-0.4, -0.2) is 29.7 Å². The van der Waals surface area contributed by atoms with Gasteiger partial charge in [0.2, 0.25) is 0 Å². The van der Waals surface area contributed by atoms with Crippen LogP contribution >= 0.6 is 0 Å². The van der Waals surface area contributed by atoms with Crippen molar-refractivity contribution in [2.24, 2.45) is 0 Å². The Labute approximate surface area is 120 Å². The van der Waals surface area contributed by atoms with E-state index in [9.17, 15) is 9.90 Å². The van der Waals surface area contributed by atoms with Crippen molar-refractivity contribution in [2.75, 3.05) is 11.9 Å². The van der Waals surface area contributed by atoms with Crippen molar-refractivity contribution in [1.29, 1.82) is 0 Å². The number of nitrogens with one attached hydrogen (secondary N) is 2. The molecule has 20 heavy (non-hydrogen) atoms. The van der Waals surface area contributed by atoms with Gasteiger partial charge in [-0.3, -0.25) is 4.79 Å². The van der Waals surface area contributed by atoms with Crippen LogP contribution in [0.5, 0.6) is 0 Å². The zero-order valence-corrected chi connectivity index (χ0v) is 12.1. The van der Waals surface area contributed by atoms with E-state index in [0.717, 1.165) is 37.9 Å². The normalized spacial score (nSPS) is 22.3. The van der Waals surface area contributed by atoms with Crippen LogP contribution < -0.4 is 10.6 Å². The van der Waals surface area contributed by atoms with Crippen molar-refractivity contribution in [3.05, 3.63) is 29.8 Å². The summed E-state index contributed by atoms with van der Waals surface area (Å²) < 4.78 is 0. The van der Waals surface area contributed by atoms with Crippen LogP contribution in [0, 0.1) is 0 Å². The van der Waals surface area contributed by atoms with E-state index >= 15 is 0 Å². The van der Waals surface area contributed by atoms with Gasteiger partial charge in [0.05, 0.1) is 11.7 Å². The average Bonchev–Trinajstić information content (AvgIpc) is 2.45. The first-order valence-corrected chi connectivity index (χ1v) is 7.52. The minimum absolute atomic E-state index is 0.0525. The van der Waals surface area contributed by atoms with Crippen LogP contribution in [0.1, 0.15) is 49.4 Å². The van der Waals surface area contributed by atoms with Gasteiger partial charge in [0.25, 0.3) is 5.91 Å². The first-order chi connectivity index (χ1) is 9.70. The maximum atomic E-state index is 12.4. The number of anilines is 1. The summed E-state index contributed by atoms with van der Waals surface area (Å²) in [5.41, 5.74) is 1.56. The monoisotopic (exact) mass is 276 g/mol. The van der Waals surface area contributed by atoms with Crippen LogP contribution in [0.3, 0.4) is 0 Å². The number of benzene rings is 1. The Balaban J connectivity index is 2.01. The summed E-state index contributed by atoms with van der Waals surface area (Å²) in [6.07, 6.45) is 4.18. The molecule has 0 heterocycles. The number of aliphatic hydroxyl groups is 1. The summed E-state index contributed by atoms with van der Waals surface area (Å²) in [5.74, 6) is -0.0525. The highest BCUT2D eigenvalue weighted by molar-refractivity contribution is 5.99. The van der Waals surface area contributed by atoms with Gasteiger partial charge in [-0.25, -0.2) is 0 Å². The third kappa shape index (κ3) is 3.97. The number of hydrogen-bond acceptors (Lipinski definition) is 3. The van der Waals surface area contributed by atoms with Crippen molar-refractivity contribution in [1.82, 2.24) is 5.32 Å². The molecule has 2 rings (SSSR count). The third-order valence-electron chi connectivity index (χ3n) is 3.72. The number of hydrogen-bond donors (Lipinski definition) is 3. The lowest BCUT2D eigenvalue weighted by atomic mass is 9.93. The van der Waals surface area contributed by atoms with Crippen LogP contribution in [-0.2, 0) is 0 Å². The second-order valence-corrected chi connectivity index (χ2v) is 5.46. The molecule has 0 spiro atoms. The quantitative estimate of drug-likeness (QED) is 0.774. The van der Waals surface area contributed by atoms with E-state index in [4.69, 9.17) is 0 Å². The number of rotatable bonds is 5. The van der Waals surface area contributed by atoms with Crippen molar-refractivity contribution in [3.63, 3.8) is 0 Å². The van der Waals surface area contributed by atoms with Crippen LogP contribution in [0.25, 0.3) is 0 Å². The maximum Gasteiger partial charge on any atom is 0.253 e. The van der Waals surface area contributed by atoms with E-state index in [1.54, 1.807) is 0 Å². The topological polar surface area (TPSA) is 61.4 Å². The molecule has 1 amide bonds. The first-order valence-electron chi connectivity index (χ1n) is 7.52. The number of aliphatic hydroxyl groups excluding tert-OH is 1. The number of carbonyl (C=O) groups excluding carboxylic acids is 1. The van der Waals surface area contributed by atoms with Crippen LogP contribution in [0.4, 0.5) is 5.69 Å². The molecular weight excluding hydrogens is 252 g/mol. The zero-order valence-electron chi connectivity index (χ0n) is 12.1. The van der Waals surface area contributed by atoms with E-state index in [2.05, 4.69) is 17.6 Å². The lowest BCUT2D eigenvalue weighted by Crippen LogP contribution is -2.40. The Morgan fingerprint density at radius 2 is 2.15 bits per heavy atom. The highest BCUT2D eigenvalue weighted by Gasteiger charge is 2.22. The number of amides is 1. The van der Waals surface area contributed by atoms with E-state index in [-0.39, 0.29) is 18.1 Å². The van der Waals surface area contributed by atoms with Crippen molar-refractivity contribution < 1.29 is 9.90 Å². The zero-order chi connectivity index (χ0) is 14.4. The smallest absolute Gasteiger partial charge is 0.253 e. The summed E-state index contributed by atoms with van der Waals surface area (Å²) >= 11 is 0. The van der Waals surface area contributed by atoms with Gasteiger partial charge in [-0.2, -0.15) is 0 Å². The summed E-state index contributed by atoms with van der Waals surface area (Å²) in [6, 6.07) is 7.67. The van der Waals surface area contributed by atoms with Crippen LogP contribution in [0.2, 0.25) is 0 Å². The molecule has 4 heteroatoms. The van der Waals surface area contributed by atoms with Crippen LogP contribution in [0.15, 0.2) is 24.3 Å². The fourth-order valence-corrected chi connectivity index (χ4v) is 2.65. The van der Waals surface area contributed by atoms with Gasteiger partial charge in [0, 0.05) is 18.3 Å². The Morgan fingerprint density at radius 3 is 2.90 bits per heavy atom. The molecule has 1 aliphatic carbocycles. The second kappa shape index (κ2) is 7.29. The van der Waals surface area contributed by atoms with Gasteiger partial charge in [0.15, 0.2) is 0 Å². The van der Waals surface area contributed by atoms with E-state index in [1.807, 2.05) is 24.3 Å². The average molecular weight is 276 g/mol. The highest BCUT2D eigenvalue weighted by Crippen LogP contribution is 2.20. The Kier molecular flexibility index (Phi) is 5.41. The van der Waals surface area contributed by atoms with E-state index < -0.39 is 0 Å². The van der Waals surface area contributed by atoms with Gasteiger partial charge in [-0.15, -0.1) is 0 Å².